The summed E-state index contributed by atoms with van der Waals surface area (Å²) in [6.07, 6.45) is 6.16. The number of amides is 1. The summed E-state index contributed by atoms with van der Waals surface area (Å²) in [6, 6.07) is 6.70. The van der Waals surface area contributed by atoms with Crippen LogP contribution in [0.2, 0.25) is 5.02 Å². The summed E-state index contributed by atoms with van der Waals surface area (Å²) in [4.78, 5) is 24.5. The summed E-state index contributed by atoms with van der Waals surface area (Å²) >= 11 is 7.67. The number of aryl methyl sites for hydroxylation is 2. The molecule has 0 radical (unpaired) electrons. The Bertz CT molecular complexity index is 1280. The Hall–Kier alpha value is -3.30. The second kappa shape index (κ2) is 10.5. The van der Waals surface area contributed by atoms with Crippen molar-refractivity contribution in [2.75, 3.05) is 11.4 Å². The van der Waals surface area contributed by atoms with Crippen LogP contribution < -0.4 is 10.2 Å². The summed E-state index contributed by atoms with van der Waals surface area (Å²) < 4.78 is 1.96. The van der Waals surface area contributed by atoms with E-state index in [1.165, 1.54) is 11.3 Å². The number of imidazole rings is 1. The summed E-state index contributed by atoms with van der Waals surface area (Å²) in [5.41, 5.74) is 3.53. The molecule has 3 aromatic rings. The molecule has 35 heavy (non-hydrogen) atoms. The van der Waals surface area contributed by atoms with Crippen molar-refractivity contribution in [2.45, 2.75) is 46.2 Å². The maximum atomic E-state index is 12.8. The fraction of sp³-hybridized carbons (Fsp3) is 0.320. The molecular formula is C25H28ClN7OS. The van der Waals surface area contributed by atoms with Gasteiger partial charge in [0.15, 0.2) is 0 Å². The van der Waals surface area contributed by atoms with Crippen LogP contribution in [0.5, 0.6) is 0 Å². The van der Waals surface area contributed by atoms with Gasteiger partial charge in [-0.2, -0.15) is 0 Å². The van der Waals surface area contributed by atoms with E-state index in [9.17, 15) is 4.79 Å². The molecular weight excluding hydrogens is 482 g/mol. The lowest BCUT2D eigenvalue weighted by atomic mass is 9.99. The number of hydrogen-bond acceptors (Lipinski definition) is 6. The monoisotopic (exact) mass is 509 g/mol. The number of hydrogen-bond donors (Lipinski definition) is 3. The summed E-state index contributed by atoms with van der Waals surface area (Å²) in [5.74, 6) is 0.165. The van der Waals surface area contributed by atoms with Gasteiger partial charge in [-0.25, -0.2) is 4.98 Å². The third-order valence-electron chi connectivity index (χ3n) is 5.95. The number of halogens is 1. The molecule has 1 unspecified atom stereocenters. The van der Waals surface area contributed by atoms with Crippen LogP contribution >= 0.6 is 22.9 Å². The van der Waals surface area contributed by atoms with Crippen LogP contribution in [-0.2, 0) is 11.3 Å². The van der Waals surface area contributed by atoms with E-state index in [-0.39, 0.29) is 24.0 Å². The molecule has 1 aliphatic heterocycles. The first-order chi connectivity index (χ1) is 16.8. The highest BCUT2D eigenvalue weighted by atomic mass is 35.5. The minimum Gasteiger partial charge on any atom is -0.356 e. The molecule has 182 valence electrons. The first-order valence-electron chi connectivity index (χ1n) is 11.4. The van der Waals surface area contributed by atoms with Gasteiger partial charge in [-0.15, -0.1) is 11.3 Å². The standard InChI is InChI=1S/C25H28ClN7OS/c1-15-16(2)35-25-22(15)23(18-5-7-19(26)8-6-18)31-20(24(28)33(25)17(3)27)13-21(34)30-9-4-11-32-12-10-29-14-32/h5-8,10,12,14,20,27-28H,4,9,11,13H2,1-3H3,(H,30,34). The highest BCUT2D eigenvalue weighted by Gasteiger charge is 2.34. The van der Waals surface area contributed by atoms with Crippen molar-refractivity contribution >= 4 is 51.2 Å². The van der Waals surface area contributed by atoms with Gasteiger partial charge in [0.25, 0.3) is 0 Å². The molecule has 8 nitrogen and oxygen atoms in total. The van der Waals surface area contributed by atoms with E-state index in [1.807, 2.05) is 48.9 Å². The molecule has 10 heteroatoms. The number of aliphatic imine (C=N–C) groups is 1. The van der Waals surface area contributed by atoms with Crippen molar-refractivity contribution in [3.63, 3.8) is 0 Å². The predicted molar refractivity (Wildman–Crippen MR) is 143 cm³/mol. The molecule has 0 saturated carbocycles. The second-order valence-electron chi connectivity index (χ2n) is 8.48. The van der Waals surface area contributed by atoms with Gasteiger partial charge in [-0.1, -0.05) is 23.7 Å². The van der Waals surface area contributed by atoms with Gasteiger partial charge < -0.3 is 9.88 Å². The summed E-state index contributed by atoms with van der Waals surface area (Å²) in [5, 5.41) is 21.7. The van der Waals surface area contributed by atoms with Gasteiger partial charge in [0, 0.05) is 46.5 Å². The van der Waals surface area contributed by atoms with Gasteiger partial charge in [0.05, 0.1) is 18.5 Å². The van der Waals surface area contributed by atoms with E-state index >= 15 is 0 Å². The molecule has 1 atom stereocenters. The van der Waals surface area contributed by atoms with Gasteiger partial charge in [-0.3, -0.25) is 25.5 Å². The quantitative estimate of drug-likeness (QED) is 0.241. The van der Waals surface area contributed by atoms with E-state index < -0.39 is 6.04 Å². The van der Waals surface area contributed by atoms with Crippen LogP contribution in [-0.4, -0.2) is 45.4 Å². The SMILES string of the molecule is CC(=N)N1C(=N)C(CC(=O)NCCCn2ccnc2)N=C(c2ccc(Cl)cc2)c2c1sc(C)c2C. The first kappa shape index (κ1) is 24.8. The Morgan fingerprint density at radius 2 is 2.00 bits per heavy atom. The van der Waals surface area contributed by atoms with Crippen molar-refractivity contribution < 1.29 is 4.79 Å². The van der Waals surface area contributed by atoms with Crippen LogP contribution in [0, 0.1) is 24.7 Å². The predicted octanol–water partition coefficient (Wildman–Crippen LogP) is 4.81. The smallest absolute Gasteiger partial charge is 0.222 e. The highest BCUT2D eigenvalue weighted by Crippen LogP contribution is 2.40. The fourth-order valence-electron chi connectivity index (χ4n) is 4.04. The van der Waals surface area contributed by atoms with E-state index in [0.717, 1.165) is 39.5 Å². The van der Waals surface area contributed by atoms with Crippen LogP contribution in [0.1, 0.15) is 41.3 Å². The lowest BCUT2D eigenvalue weighted by Crippen LogP contribution is -2.42. The number of thiophene rings is 1. The first-order valence-corrected chi connectivity index (χ1v) is 12.6. The van der Waals surface area contributed by atoms with Crippen molar-refractivity contribution in [3.8, 4) is 0 Å². The zero-order valence-corrected chi connectivity index (χ0v) is 21.5. The molecule has 1 aliphatic rings. The van der Waals surface area contributed by atoms with Gasteiger partial charge in [0.1, 0.15) is 22.7 Å². The Morgan fingerprint density at radius 3 is 2.66 bits per heavy atom. The van der Waals surface area contributed by atoms with Crippen LogP contribution in [0.3, 0.4) is 0 Å². The fourth-order valence-corrected chi connectivity index (χ4v) is 5.39. The maximum Gasteiger partial charge on any atom is 0.222 e. The number of benzene rings is 1. The molecule has 2 aromatic heterocycles. The third kappa shape index (κ3) is 5.36. The average molecular weight is 510 g/mol. The van der Waals surface area contributed by atoms with Crippen molar-refractivity contribution in [1.82, 2.24) is 14.9 Å². The van der Waals surface area contributed by atoms with Crippen LogP contribution in [0.15, 0.2) is 48.0 Å². The normalized spacial score (nSPS) is 15.4. The van der Waals surface area contributed by atoms with E-state index in [2.05, 4.69) is 10.3 Å². The largest absolute Gasteiger partial charge is 0.356 e. The highest BCUT2D eigenvalue weighted by molar-refractivity contribution is 7.17. The Kier molecular flexibility index (Phi) is 7.47. The molecule has 0 spiro atoms. The molecule has 1 amide bonds. The van der Waals surface area contributed by atoms with Gasteiger partial charge >= 0.3 is 0 Å². The Labute approximate surface area is 213 Å². The number of carbonyl (C=O) groups is 1. The molecule has 3 heterocycles. The number of nitrogens with one attached hydrogen (secondary N) is 3. The van der Waals surface area contributed by atoms with Crippen molar-refractivity contribution in [1.29, 1.82) is 10.8 Å². The molecule has 0 bridgehead atoms. The zero-order valence-electron chi connectivity index (χ0n) is 19.9. The zero-order chi connectivity index (χ0) is 25.1. The minimum absolute atomic E-state index is 0.0255. The lowest BCUT2D eigenvalue weighted by Gasteiger charge is -2.24. The molecule has 4 rings (SSSR count). The lowest BCUT2D eigenvalue weighted by molar-refractivity contribution is -0.121. The van der Waals surface area contributed by atoms with Gasteiger partial charge in [-0.05, 0) is 44.9 Å². The van der Waals surface area contributed by atoms with Crippen molar-refractivity contribution in [3.05, 3.63) is 69.6 Å². The number of anilines is 1. The molecule has 0 saturated heterocycles. The number of amidine groups is 2. The maximum absolute atomic E-state index is 12.8. The van der Waals surface area contributed by atoms with Gasteiger partial charge in [0.2, 0.25) is 5.91 Å². The Balaban J connectivity index is 1.63. The number of aromatic nitrogens is 2. The van der Waals surface area contributed by atoms with E-state index in [4.69, 9.17) is 27.4 Å². The summed E-state index contributed by atoms with van der Waals surface area (Å²) in [6.45, 7) is 7.00. The number of carbonyl (C=O) groups excluding carboxylic acids is 1. The summed E-state index contributed by atoms with van der Waals surface area (Å²) in [7, 11) is 0. The third-order valence-corrected chi connectivity index (χ3v) is 7.40. The minimum atomic E-state index is -0.728. The molecule has 3 N–H and O–H groups in total. The van der Waals surface area contributed by atoms with E-state index in [1.54, 1.807) is 24.3 Å². The number of rotatable bonds is 7. The van der Waals surface area contributed by atoms with Crippen molar-refractivity contribution in [2.24, 2.45) is 4.99 Å². The number of nitrogens with zero attached hydrogens (tertiary/aromatic N) is 4. The van der Waals surface area contributed by atoms with Crippen LogP contribution in [0.25, 0.3) is 0 Å². The second-order valence-corrected chi connectivity index (χ2v) is 10.1. The molecule has 0 fully saturated rings. The number of fused-ring (bicyclic) bond motifs is 1. The molecule has 1 aromatic carbocycles. The average Bonchev–Trinajstić information content (AvgIpc) is 3.40. The Morgan fingerprint density at radius 1 is 1.26 bits per heavy atom. The topological polar surface area (TPSA) is 110 Å². The molecule has 0 aliphatic carbocycles. The van der Waals surface area contributed by atoms with E-state index in [0.29, 0.717) is 17.3 Å². The van der Waals surface area contributed by atoms with Crippen LogP contribution in [0.4, 0.5) is 5.00 Å².